The molecule has 1 N–H and O–H groups in total. The lowest BCUT2D eigenvalue weighted by molar-refractivity contribution is 0.0565. The molecule has 0 fully saturated rings. The van der Waals surface area contributed by atoms with Gasteiger partial charge in [0.25, 0.3) is 5.56 Å². The van der Waals surface area contributed by atoms with Crippen LogP contribution in [0, 0.1) is 9.49 Å². The summed E-state index contributed by atoms with van der Waals surface area (Å²) < 4.78 is 10.9. The number of rotatable bonds is 5. The van der Waals surface area contributed by atoms with Crippen molar-refractivity contribution in [2.24, 2.45) is 5.92 Å². The molecule has 0 amide bonds. The van der Waals surface area contributed by atoms with Crippen LogP contribution in [0.15, 0.2) is 4.79 Å². The molecule has 0 aliphatic rings. The van der Waals surface area contributed by atoms with Crippen LogP contribution in [-0.2, 0) is 16.1 Å². The Kier molecular flexibility index (Phi) is 5.54. The van der Waals surface area contributed by atoms with E-state index in [4.69, 9.17) is 9.47 Å². The van der Waals surface area contributed by atoms with E-state index in [2.05, 4.69) is 9.97 Å². The molecule has 1 heterocycles. The molecule has 0 radical (unpaired) electrons. The molecule has 0 spiro atoms. The predicted molar refractivity (Wildman–Crippen MR) is 72.9 cm³/mol. The van der Waals surface area contributed by atoms with Gasteiger partial charge in [0.2, 0.25) is 0 Å². The molecule has 1 rings (SSSR count). The maximum atomic E-state index is 11.8. The van der Waals surface area contributed by atoms with Crippen LogP contribution in [0.5, 0.6) is 0 Å². The number of ether oxygens (including phenoxy) is 2. The second-order valence-electron chi connectivity index (χ2n) is 4.05. The van der Waals surface area contributed by atoms with Gasteiger partial charge in [0.1, 0.15) is 15.5 Å². The number of methoxy groups -OCH3 is 2. The monoisotopic (exact) mass is 352 g/mol. The molecule has 0 aliphatic heterocycles. The van der Waals surface area contributed by atoms with Gasteiger partial charge in [-0.05, 0) is 28.5 Å². The van der Waals surface area contributed by atoms with E-state index in [1.54, 1.807) is 14.2 Å². The average molecular weight is 352 g/mol. The van der Waals surface area contributed by atoms with Crippen molar-refractivity contribution in [3.63, 3.8) is 0 Å². The third-order valence-electron chi connectivity index (χ3n) is 2.36. The number of nitrogens with one attached hydrogen (secondary N) is 1. The Morgan fingerprint density at radius 2 is 2.06 bits per heavy atom. The summed E-state index contributed by atoms with van der Waals surface area (Å²) >= 11 is 1.97. The van der Waals surface area contributed by atoms with E-state index in [1.807, 2.05) is 36.4 Å². The Hall–Kier alpha value is -0.470. The number of hydrogen-bond acceptors (Lipinski definition) is 4. The zero-order valence-electron chi connectivity index (χ0n) is 10.4. The minimum atomic E-state index is -0.213. The molecule has 5 nitrogen and oxygen atoms in total. The summed E-state index contributed by atoms with van der Waals surface area (Å²) in [7, 11) is 3.19. The number of H-pyrrole nitrogens is 1. The summed E-state index contributed by atoms with van der Waals surface area (Å²) in [6, 6.07) is 0. The van der Waals surface area contributed by atoms with Crippen LogP contribution in [0.1, 0.15) is 31.5 Å². The van der Waals surface area contributed by atoms with Gasteiger partial charge >= 0.3 is 0 Å². The Labute approximate surface area is 114 Å². The van der Waals surface area contributed by atoms with E-state index < -0.39 is 0 Å². The van der Waals surface area contributed by atoms with Gasteiger partial charge in [0, 0.05) is 14.2 Å². The number of hydrogen-bond donors (Lipinski definition) is 1. The van der Waals surface area contributed by atoms with E-state index in [9.17, 15) is 4.79 Å². The standard InChI is InChI=1S/C11H17IN2O3/c1-6(2)9(17-4)10-13-7(5-16-3)8(12)11(15)14-10/h6,9H,5H2,1-4H3,(H,13,14,15). The minimum Gasteiger partial charge on any atom is -0.378 e. The highest BCUT2D eigenvalue weighted by molar-refractivity contribution is 14.1. The van der Waals surface area contributed by atoms with E-state index in [1.165, 1.54) is 0 Å². The van der Waals surface area contributed by atoms with Crippen molar-refractivity contribution in [2.45, 2.75) is 26.6 Å². The number of nitrogens with zero attached hydrogens (tertiary/aromatic N) is 1. The maximum Gasteiger partial charge on any atom is 0.264 e. The Bertz CT molecular complexity index is 431. The van der Waals surface area contributed by atoms with Crippen LogP contribution in [0.2, 0.25) is 0 Å². The van der Waals surface area contributed by atoms with Gasteiger partial charge in [-0.2, -0.15) is 0 Å². The highest BCUT2D eigenvalue weighted by atomic mass is 127. The van der Waals surface area contributed by atoms with Crippen LogP contribution < -0.4 is 5.56 Å². The lowest BCUT2D eigenvalue weighted by atomic mass is 10.1. The minimum absolute atomic E-state index is 0.148. The summed E-state index contributed by atoms with van der Waals surface area (Å²) in [6.07, 6.45) is -0.213. The van der Waals surface area contributed by atoms with Crippen molar-refractivity contribution in [3.8, 4) is 0 Å². The van der Waals surface area contributed by atoms with Crippen LogP contribution >= 0.6 is 22.6 Å². The molecular formula is C11H17IN2O3. The zero-order valence-corrected chi connectivity index (χ0v) is 12.6. The van der Waals surface area contributed by atoms with Gasteiger partial charge in [0.05, 0.1) is 12.3 Å². The highest BCUT2D eigenvalue weighted by Crippen LogP contribution is 2.21. The molecule has 6 heteroatoms. The Morgan fingerprint density at radius 1 is 1.41 bits per heavy atom. The van der Waals surface area contributed by atoms with Crippen molar-refractivity contribution in [1.82, 2.24) is 9.97 Å². The second kappa shape index (κ2) is 6.46. The van der Waals surface area contributed by atoms with Gasteiger partial charge in [-0.3, -0.25) is 4.79 Å². The Morgan fingerprint density at radius 3 is 2.53 bits per heavy atom. The third kappa shape index (κ3) is 3.49. The number of aromatic amines is 1. The topological polar surface area (TPSA) is 64.2 Å². The largest absolute Gasteiger partial charge is 0.378 e. The van der Waals surface area contributed by atoms with Crippen LogP contribution in [0.4, 0.5) is 0 Å². The first kappa shape index (κ1) is 14.6. The average Bonchev–Trinajstić information content (AvgIpc) is 2.26. The van der Waals surface area contributed by atoms with E-state index in [0.29, 0.717) is 21.7 Å². The molecular weight excluding hydrogens is 335 g/mol. The van der Waals surface area contributed by atoms with Crippen molar-refractivity contribution < 1.29 is 9.47 Å². The number of halogens is 1. The van der Waals surface area contributed by atoms with Crippen molar-refractivity contribution >= 4 is 22.6 Å². The molecule has 0 saturated carbocycles. The highest BCUT2D eigenvalue weighted by Gasteiger charge is 2.20. The van der Waals surface area contributed by atoms with Crippen LogP contribution in [0.25, 0.3) is 0 Å². The lowest BCUT2D eigenvalue weighted by Gasteiger charge is -2.18. The number of aromatic nitrogens is 2. The normalized spacial score (nSPS) is 13.1. The smallest absolute Gasteiger partial charge is 0.264 e. The van der Waals surface area contributed by atoms with Crippen molar-refractivity contribution in [2.75, 3.05) is 14.2 Å². The first-order chi connectivity index (χ1) is 8.01. The molecule has 1 aromatic rings. The molecule has 96 valence electrons. The van der Waals surface area contributed by atoms with Gasteiger partial charge in [-0.25, -0.2) is 4.98 Å². The van der Waals surface area contributed by atoms with Crippen LogP contribution in [-0.4, -0.2) is 24.2 Å². The van der Waals surface area contributed by atoms with Gasteiger partial charge in [-0.15, -0.1) is 0 Å². The summed E-state index contributed by atoms with van der Waals surface area (Å²) in [5.41, 5.74) is 0.500. The molecule has 0 saturated heterocycles. The SMILES string of the molecule is COCc1nc(C(OC)C(C)C)[nH]c(=O)c1I. The van der Waals surface area contributed by atoms with Crippen LogP contribution in [0.3, 0.4) is 0 Å². The fourth-order valence-corrected chi connectivity index (χ4v) is 2.00. The van der Waals surface area contributed by atoms with Gasteiger partial charge in [-0.1, -0.05) is 13.8 Å². The zero-order chi connectivity index (χ0) is 13.0. The third-order valence-corrected chi connectivity index (χ3v) is 3.47. The maximum absolute atomic E-state index is 11.8. The summed E-state index contributed by atoms with van der Waals surface area (Å²) in [6.45, 7) is 4.36. The molecule has 17 heavy (non-hydrogen) atoms. The van der Waals surface area contributed by atoms with E-state index in [-0.39, 0.29) is 17.6 Å². The summed E-state index contributed by atoms with van der Waals surface area (Å²) in [4.78, 5) is 18.9. The first-order valence-corrected chi connectivity index (χ1v) is 6.39. The van der Waals surface area contributed by atoms with E-state index >= 15 is 0 Å². The molecule has 0 aliphatic carbocycles. The fourth-order valence-electron chi connectivity index (χ4n) is 1.59. The first-order valence-electron chi connectivity index (χ1n) is 5.31. The molecule has 1 unspecified atom stereocenters. The van der Waals surface area contributed by atoms with Crippen molar-refractivity contribution in [1.29, 1.82) is 0 Å². The van der Waals surface area contributed by atoms with Gasteiger partial charge in [0.15, 0.2) is 0 Å². The molecule has 1 aromatic heterocycles. The molecule has 1 atom stereocenters. The van der Waals surface area contributed by atoms with E-state index in [0.717, 1.165) is 0 Å². The molecule has 0 bridgehead atoms. The summed E-state index contributed by atoms with van der Waals surface area (Å²) in [5.74, 6) is 0.790. The predicted octanol–water partition coefficient (Wildman–Crippen LogP) is 1.86. The van der Waals surface area contributed by atoms with Crippen molar-refractivity contribution in [3.05, 3.63) is 25.4 Å². The Balaban J connectivity index is 3.21. The second-order valence-corrected chi connectivity index (χ2v) is 5.12. The quantitative estimate of drug-likeness (QED) is 0.822. The fraction of sp³-hybridized carbons (Fsp3) is 0.636. The lowest BCUT2D eigenvalue weighted by Crippen LogP contribution is -2.23. The summed E-state index contributed by atoms with van der Waals surface area (Å²) in [5, 5.41) is 0. The van der Waals surface area contributed by atoms with Gasteiger partial charge < -0.3 is 14.5 Å². The molecule has 0 aromatic carbocycles.